The molecule has 3 atom stereocenters. The molecule has 0 saturated heterocycles. The zero-order valence-electron chi connectivity index (χ0n) is 12.5. The second kappa shape index (κ2) is 7.24. The molecule has 0 aliphatic carbocycles. The Morgan fingerprint density at radius 1 is 1.12 bits per heavy atom. The van der Waals surface area contributed by atoms with Crippen LogP contribution in [0.5, 0.6) is 0 Å². The summed E-state index contributed by atoms with van der Waals surface area (Å²) in [4.78, 5) is 0. The Bertz CT molecular complexity index is 243. The predicted molar refractivity (Wildman–Crippen MR) is 84.2 cm³/mol. The van der Waals surface area contributed by atoms with Crippen LogP contribution in [0.4, 0.5) is 0 Å². The molecule has 1 nitrogen and oxygen atoms in total. The molecule has 0 aliphatic rings. The van der Waals surface area contributed by atoms with E-state index in [4.69, 9.17) is 0 Å². The lowest BCUT2D eigenvalue weighted by molar-refractivity contribution is 0.515. The summed E-state index contributed by atoms with van der Waals surface area (Å²) in [7, 11) is 2.08. The van der Waals surface area contributed by atoms with Gasteiger partial charge in [-0.25, -0.2) is 0 Å². The van der Waals surface area contributed by atoms with Gasteiger partial charge in [0.1, 0.15) is 0 Å². The molecule has 0 spiro atoms. The van der Waals surface area contributed by atoms with Crippen molar-refractivity contribution in [3.63, 3.8) is 0 Å². The van der Waals surface area contributed by atoms with E-state index in [9.17, 15) is 4.21 Å². The van der Waals surface area contributed by atoms with Gasteiger partial charge in [0, 0.05) is 20.8 Å². The van der Waals surface area contributed by atoms with Gasteiger partial charge in [-0.1, -0.05) is 53.4 Å². The van der Waals surface area contributed by atoms with Crippen molar-refractivity contribution in [2.24, 2.45) is 0 Å². The first-order chi connectivity index (χ1) is 7.64. The zero-order chi connectivity index (χ0) is 13.7. The van der Waals surface area contributed by atoms with Crippen molar-refractivity contribution in [3.8, 4) is 0 Å². The summed E-state index contributed by atoms with van der Waals surface area (Å²) in [5, 5.41) is 0.317. The highest BCUT2D eigenvalue weighted by Gasteiger charge is 2.40. The Balaban J connectivity index is 4.30. The Kier molecular flexibility index (Phi) is 7.49. The van der Waals surface area contributed by atoms with Gasteiger partial charge in [-0.05, 0) is 25.4 Å². The Hall–Kier alpha value is 0.580. The molecule has 0 bridgehead atoms. The standard InChI is InChI=1S/C14H31OPS/c1-7-8-9-10-11-12(2)17(15)14(5,6)13(3,4)16/h12H,7-11,16H2,1-6H3. The van der Waals surface area contributed by atoms with E-state index in [2.05, 4.69) is 50.8 Å². The Morgan fingerprint density at radius 3 is 2.06 bits per heavy atom. The summed E-state index contributed by atoms with van der Waals surface area (Å²) in [6, 6.07) is 0. The average molecular weight is 278 g/mol. The number of hydrogen-bond donors (Lipinski definition) is 0. The SMILES string of the molecule is CCCCCCC(C)S(=O)C(C)(C)C(C)(C)P. The monoisotopic (exact) mass is 278 g/mol. The summed E-state index contributed by atoms with van der Waals surface area (Å²) in [5.41, 5.74) is 0. The molecule has 17 heavy (non-hydrogen) atoms. The van der Waals surface area contributed by atoms with Gasteiger partial charge in [0.05, 0.1) is 0 Å². The van der Waals surface area contributed by atoms with Crippen molar-refractivity contribution in [3.05, 3.63) is 0 Å². The molecule has 0 amide bonds. The molecule has 0 N–H and O–H groups in total. The van der Waals surface area contributed by atoms with Crippen LogP contribution in [0.15, 0.2) is 0 Å². The van der Waals surface area contributed by atoms with Crippen LogP contribution in [0, 0.1) is 0 Å². The highest BCUT2D eigenvalue weighted by Crippen LogP contribution is 2.37. The topological polar surface area (TPSA) is 17.1 Å². The molecule has 3 heteroatoms. The minimum atomic E-state index is -0.771. The van der Waals surface area contributed by atoms with E-state index in [1.165, 1.54) is 25.7 Å². The van der Waals surface area contributed by atoms with Gasteiger partial charge in [0.25, 0.3) is 0 Å². The van der Waals surface area contributed by atoms with Crippen molar-refractivity contribution in [1.29, 1.82) is 0 Å². The van der Waals surface area contributed by atoms with Crippen LogP contribution >= 0.6 is 9.24 Å². The zero-order valence-corrected chi connectivity index (χ0v) is 14.5. The predicted octanol–water partition coefficient (Wildman–Crippen LogP) is 4.53. The highest BCUT2D eigenvalue weighted by molar-refractivity contribution is 7.87. The van der Waals surface area contributed by atoms with Crippen LogP contribution in [0.25, 0.3) is 0 Å². The maximum atomic E-state index is 12.6. The lowest BCUT2D eigenvalue weighted by Crippen LogP contribution is -2.46. The summed E-state index contributed by atoms with van der Waals surface area (Å²) < 4.78 is 12.4. The molecule has 104 valence electrons. The quantitative estimate of drug-likeness (QED) is 0.471. The number of unbranched alkanes of at least 4 members (excludes halogenated alkanes) is 3. The van der Waals surface area contributed by atoms with E-state index in [-0.39, 0.29) is 9.90 Å². The first-order valence-corrected chi connectivity index (χ1v) is 8.63. The smallest absolute Gasteiger partial charge is 0.0490 e. The van der Waals surface area contributed by atoms with E-state index in [1.807, 2.05) is 0 Å². The summed E-state index contributed by atoms with van der Waals surface area (Å²) in [6.45, 7) is 12.9. The van der Waals surface area contributed by atoms with Crippen molar-refractivity contribution in [2.75, 3.05) is 0 Å². The van der Waals surface area contributed by atoms with Gasteiger partial charge >= 0.3 is 0 Å². The summed E-state index contributed by atoms with van der Waals surface area (Å²) >= 11 is 0. The Labute approximate surface area is 113 Å². The highest BCUT2D eigenvalue weighted by atomic mass is 32.2. The second-order valence-corrected chi connectivity index (χ2v) is 10.1. The first kappa shape index (κ1) is 17.6. The van der Waals surface area contributed by atoms with Crippen LogP contribution in [-0.4, -0.2) is 19.4 Å². The molecule has 0 saturated carbocycles. The van der Waals surface area contributed by atoms with Gasteiger partial charge in [0.15, 0.2) is 0 Å². The second-order valence-electron chi connectivity index (χ2n) is 6.19. The third kappa shape index (κ3) is 5.39. The van der Waals surface area contributed by atoms with Crippen molar-refractivity contribution < 1.29 is 4.21 Å². The minimum Gasteiger partial charge on any atom is -0.259 e. The fourth-order valence-corrected chi connectivity index (χ4v) is 3.98. The first-order valence-electron chi connectivity index (χ1n) is 6.84. The van der Waals surface area contributed by atoms with Crippen molar-refractivity contribution in [2.45, 2.75) is 88.8 Å². The van der Waals surface area contributed by atoms with E-state index in [1.54, 1.807) is 0 Å². The van der Waals surface area contributed by atoms with E-state index in [0.717, 1.165) is 6.42 Å². The van der Waals surface area contributed by atoms with Gasteiger partial charge < -0.3 is 0 Å². The van der Waals surface area contributed by atoms with Crippen LogP contribution < -0.4 is 0 Å². The van der Waals surface area contributed by atoms with Crippen molar-refractivity contribution >= 4 is 20.0 Å². The molecule has 0 aliphatic heterocycles. The van der Waals surface area contributed by atoms with Crippen LogP contribution in [0.1, 0.15) is 73.6 Å². The molecule has 0 heterocycles. The lowest BCUT2D eigenvalue weighted by Gasteiger charge is -2.39. The fraction of sp³-hybridized carbons (Fsp3) is 1.00. The van der Waals surface area contributed by atoms with Gasteiger partial charge in [-0.3, -0.25) is 4.21 Å². The molecule has 0 aromatic carbocycles. The van der Waals surface area contributed by atoms with Gasteiger partial charge in [-0.15, -0.1) is 9.24 Å². The molecule has 0 aromatic rings. The van der Waals surface area contributed by atoms with Gasteiger partial charge in [-0.2, -0.15) is 0 Å². The lowest BCUT2D eigenvalue weighted by atomic mass is 9.98. The maximum absolute atomic E-state index is 12.6. The molecular weight excluding hydrogens is 247 g/mol. The average Bonchev–Trinajstić information content (AvgIpc) is 2.21. The third-order valence-corrected chi connectivity index (χ3v) is 7.31. The van der Waals surface area contributed by atoms with Gasteiger partial charge in [0.2, 0.25) is 0 Å². The van der Waals surface area contributed by atoms with Crippen LogP contribution in [0.3, 0.4) is 0 Å². The van der Waals surface area contributed by atoms with E-state index in [0.29, 0.717) is 5.25 Å². The number of rotatable bonds is 8. The molecule has 0 aromatic heterocycles. The maximum Gasteiger partial charge on any atom is 0.0490 e. The molecular formula is C14H31OPS. The van der Waals surface area contributed by atoms with E-state index < -0.39 is 10.8 Å². The van der Waals surface area contributed by atoms with Crippen LogP contribution in [-0.2, 0) is 10.8 Å². The summed E-state index contributed by atoms with van der Waals surface area (Å²) in [5.74, 6) is 0. The fourth-order valence-electron chi connectivity index (χ4n) is 1.73. The van der Waals surface area contributed by atoms with Crippen LogP contribution in [0.2, 0.25) is 0 Å². The minimum absolute atomic E-state index is 0.00946. The van der Waals surface area contributed by atoms with Crippen molar-refractivity contribution in [1.82, 2.24) is 0 Å². The molecule has 0 radical (unpaired) electrons. The largest absolute Gasteiger partial charge is 0.259 e. The normalized spacial score (nSPS) is 16.9. The molecule has 3 unspecified atom stereocenters. The molecule has 0 rings (SSSR count). The Morgan fingerprint density at radius 2 is 1.65 bits per heavy atom. The summed E-state index contributed by atoms with van der Waals surface area (Å²) in [6.07, 6.45) is 6.16. The molecule has 0 fully saturated rings. The number of hydrogen-bond acceptors (Lipinski definition) is 1. The van der Waals surface area contributed by atoms with E-state index >= 15 is 0 Å². The third-order valence-electron chi connectivity index (χ3n) is 3.88.